The average Bonchev–Trinajstić information content (AvgIpc) is 2.68. The van der Waals surface area contributed by atoms with Crippen LogP contribution in [0.2, 0.25) is 5.02 Å². The largest absolute Gasteiger partial charge is 0.380 e. The highest BCUT2D eigenvalue weighted by Crippen LogP contribution is 2.35. The number of rotatable bonds is 5. The summed E-state index contributed by atoms with van der Waals surface area (Å²) in [6.45, 7) is 8.07. The Bertz CT molecular complexity index is 798. The van der Waals surface area contributed by atoms with Gasteiger partial charge in [0.05, 0.1) is 5.52 Å². The molecule has 0 saturated carbocycles. The van der Waals surface area contributed by atoms with Gasteiger partial charge in [0.2, 0.25) is 0 Å². The van der Waals surface area contributed by atoms with Crippen LogP contribution in [0.4, 0.5) is 5.69 Å². The van der Waals surface area contributed by atoms with Crippen LogP contribution in [0.1, 0.15) is 37.4 Å². The van der Waals surface area contributed by atoms with E-state index in [4.69, 9.17) is 16.6 Å². The van der Waals surface area contributed by atoms with Crippen molar-refractivity contribution in [2.45, 2.75) is 45.1 Å². The lowest BCUT2D eigenvalue weighted by Crippen LogP contribution is -2.48. The van der Waals surface area contributed by atoms with Gasteiger partial charge in [0.15, 0.2) is 0 Å². The molecule has 0 radical (unpaired) electrons. The predicted octanol–water partition coefficient (Wildman–Crippen LogP) is 4.20. The Balaban J connectivity index is 1.63. The summed E-state index contributed by atoms with van der Waals surface area (Å²) in [5, 5.41) is 5.92. The summed E-state index contributed by atoms with van der Waals surface area (Å²) in [4.78, 5) is 9.98. The third kappa shape index (κ3) is 4.23. The number of halogens is 1. The molecule has 146 valence electrons. The number of pyridine rings is 1. The molecule has 0 bridgehead atoms. The van der Waals surface area contributed by atoms with Gasteiger partial charge in [0, 0.05) is 60.6 Å². The molecule has 0 spiro atoms. The lowest BCUT2D eigenvalue weighted by molar-refractivity contribution is 0.149. The Labute approximate surface area is 167 Å². The number of hydrogen-bond acceptors (Lipinski definition) is 4. The monoisotopic (exact) mass is 386 g/mol. The molecule has 4 nitrogen and oxygen atoms in total. The van der Waals surface area contributed by atoms with Gasteiger partial charge in [-0.2, -0.15) is 0 Å². The fraction of sp³-hybridized carbons (Fsp3) is 0.591. The highest BCUT2D eigenvalue weighted by Gasteiger charge is 2.22. The van der Waals surface area contributed by atoms with Gasteiger partial charge in [-0.05, 0) is 62.9 Å². The SMILES string of the molecule is CCC(CN1CCN(C)CC1)Nc1c2c(nc3cc(Cl)ccc13)CCCC2. The van der Waals surface area contributed by atoms with Crippen LogP contribution in [0.5, 0.6) is 0 Å². The molecule has 5 heteroatoms. The molecular formula is C22H31ClN4. The van der Waals surface area contributed by atoms with Crippen LogP contribution in [0.25, 0.3) is 10.9 Å². The number of nitrogens with zero attached hydrogens (tertiary/aromatic N) is 3. The molecular weight excluding hydrogens is 356 g/mol. The van der Waals surface area contributed by atoms with E-state index < -0.39 is 0 Å². The van der Waals surface area contributed by atoms with E-state index in [1.165, 1.54) is 61.4 Å². The molecule has 1 atom stereocenters. The first-order valence-corrected chi connectivity index (χ1v) is 10.8. The number of nitrogens with one attached hydrogen (secondary N) is 1. The van der Waals surface area contributed by atoms with E-state index >= 15 is 0 Å². The number of piperazine rings is 1. The molecule has 1 unspecified atom stereocenters. The lowest BCUT2D eigenvalue weighted by atomic mass is 9.92. The zero-order valence-corrected chi connectivity index (χ0v) is 17.4. The zero-order valence-electron chi connectivity index (χ0n) is 16.6. The summed E-state index contributed by atoms with van der Waals surface area (Å²) in [7, 11) is 2.22. The smallest absolute Gasteiger partial charge is 0.0741 e. The molecule has 27 heavy (non-hydrogen) atoms. The molecule has 2 heterocycles. The summed E-state index contributed by atoms with van der Waals surface area (Å²) in [6, 6.07) is 6.61. The van der Waals surface area contributed by atoms with Crippen molar-refractivity contribution in [3.8, 4) is 0 Å². The molecule has 4 rings (SSSR count). The van der Waals surface area contributed by atoms with Crippen molar-refractivity contribution >= 4 is 28.2 Å². The molecule has 1 aliphatic heterocycles. The van der Waals surface area contributed by atoms with Crippen LogP contribution in [-0.4, -0.2) is 60.6 Å². The second-order valence-corrected chi connectivity index (χ2v) is 8.57. The number of aromatic nitrogens is 1. The molecule has 1 saturated heterocycles. The van der Waals surface area contributed by atoms with Crippen LogP contribution < -0.4 is 5.32 Å². The first-order chi connectivity index (χ1) is 13.1. The highest BCUT2D eigenvalue weighted by molar-refractivity contribution is 6.31. The third-order valence-corrected chi connectivity index (χ3v) is 6.38. The average molecular weight is 387 g/mol. The van der Waals surface area contributed by atoms with Gasteiger partial charge in [-0.1, -0.05) is 18.5 Å². The summed E-state index contributed by atoms with van der Waals surface area (Å²) >= 11 is 6.26. The normalized spacial score (nSPS) is 19.8. The van der Waals surface area contributed by atoms with Crippen molar-refractivity contribution in [2.75, 3.05) is 45.1 Å². The number of fused-ring (bicyclic) bond motifs is 2. The van der Waals surface area contributed by atoms with Crippen molar-refractivity contribution in [3.63, 3.8) is 0 Å². The fourth-order valence-electron chi connectivity index (χ4n) is 4.39. The second kappa shape index (κ2) is 8.34. The maximum atomic E-state index is 6.26. The zero-order chi connectivity index (χ0) is 18.8. The van der Waals surface area contributed by atoms with Gasteiger partial charge >= 0.3 is 0 Å². The number of hydrogen-bond donors (Lipinski definition) is 1. The number of aryl methyl sites for hydroxylation is 1. The van der Waals surface area contributed by atoms with Crippen LogP contribution >= 0.6 is 11.6 Å². The lowest BCUT2D eigenvalue weighted by Gasteiger charge is -2.35. The van der Waals surface area contributed by atoms with Crippen LogP contribution in [0.3, 0.4) is 0 Å². The van der Waals surface area contributed by atoms with E-state index in [0.29, 0.717) is 6.04 Å². The van der Waals surface area contributed by atoms with Crippen molar-refractivity contribution in [1.29, 1.82) is 0 Å². The Morgan fingerprint density at radius 3 is 2.70 bits per heavy atom. The summed E-state index contributed by atoms with van der Waals surface area (Å²) < 4.78 is 0. The van der Waals surface area contributed by atoms with Gasteiger partial charge in [0.1, 0.15) is 0 Å². The highest BCUT2D eigenvalue weighted by atomic mass is 35.5. The van der Waals surface area contributed by atoms with E-state index in [1.807, 2.05) is 12.1 Å². The van der Waals surface area contributed by atoms with Gasteiger partial charge in [-0.25, -0.2) is 0 Å². The molecule has 0 amide bonds. The third-order valence-electron chi connectivity index (χ3n) is 6.14. The Morgan fingerprint density at radius 1 is 1.15 bits per heavy atom. The number of anilines is 1. The van der Waals surface area contributed by atoms with Crippen LogP contribution in [0.15, 0.2) is 18.2 Å². The van der Waals surface area contributed by atoms with Crippen LogP contribution in [0, 0.1) is 0 Å². The Kier molecular flexibility index (Phi) is 5.86. The Hall–Kier alpha value is -1.36. The fourth-order valence-corrected chi connectivity index (χ4v) is 4.55. The maximum absolute atomic E-state index is 6.26. The van der Waals surface area contributed by atoms with E-state index in [1.54, 1.807) is 0 Å². The maximum Gasteiger partial charge on any atom is 0.0741 e. The first-order valence-electron chi connectivity index (χ1n) is 10.4. The topological polar surface area (TPSA) is 31.4 Å². The molecule has 1 fully saturated rings. The molecule has 2 aromatic rings. The first kappa shape index (κ1) is 19.0. The van der Waals surface area contributed by atoms with Crippen molar-refractivity contribution in [1.82, 2.24) is 14.8 Å². The minimum absolute atomic E-state index is 0.459. The quantitative estimate of drug-likeness (QED) is 0.834. The molecule has 1 aromatic heterocycles. The van der Waals surface area contributed by atoms with Gasteiger partial charge in [0.25, 0.3) is 0 Å². The van der Waals surface area contributed by atoms with Gasteiger partial charge < -0.3 is 10.2 Å². The molecule has 1 aromatic carbocycles. The minimum Gasteiger partial charge on any atom is -0.380 e. The van der Waals surface area contributed by atoms with E-state index in [2.05, 4.69) is 35.2 Å². The van der Waals surface area contributed by atoms with E-state index in [9.17, 15) is 0 Å². The second-order valence-electron chi connectivity index (χ2n) is 8.13. The summed E-state index contributed by atoms with van der Waals surface area (Å²) in [6.07, 6.45) is 5.84. The summed E-state index contributed by atoms with van der Waals surface area (Å²) in [5.41, 5.74) is 5.05. The van der Waals surface area contributed by atoms with E-state index in [-0.39, 0.29) is 0 Å². The van der Waals surface area contributed by atoms with Crippen molar-refractivity contribution in [2.24, 2.45) is 0 Å². The molecule has 1 N–H and O–H groups in total. The Morgan fingerprint density at radius 2 is 1.93 bits per heavy atom. The van der Waals surface area contributed by atoms with Gasteiger partial charge in [-0.3, -0.25) is 9.88 Å². The van der Waals surface area contributed by atoms with E-state index in [0.717, 1.165) is 36.3 Å². The standard InChI is InChI=1S/C22H31ClN4/c1-3-17(15-27-12-10-26(2)11-13-27)24-22-18-6-4-5-7-20(18)25-21-14-16(23)8-9-19(21)22/h8-9,14,17H,3-7,10-13,15H2,1-2H3,(H,24,25). The minimum atomic E-state index is 0.459. The van der Waals surface area contributed by atoms with Crippen molar-refractivity contribution in [3.05, 3.63) is 34.5 Å². The van der Waals surface area contributed by atoms with Crippen LogP contribution in [-0.2, 0) is 12.8 Å². The molecule has 1 aliphatic carbocycles. The van der Waals surface area contributed by atoms with Crippen molar-refractivity contribution < 1.29 is 0 Å². The number of likely N-dealkylation sites (N-methyl/N-ethyl adjacent to an activating group) is 1. The van der Waals surface area contributed by atoms with Gasteiger partial charge in [-0.15, -0.1) is 0 Å². The molecule has 2 aliphatic rings. The predicted molar refractivity (Wildman–Crippen MR) is 115 cm³/mol. The number of benzene rings is 1. The summed E-state index contributed by atoms with van der Waals surface area (Å²) in [5.74, 6) is 0.